The first-order valence-electron chi connectivity index (χ1n) is 7.13. The number of carbonyl (C=O) groups is 1. The van der Waals surface area contributed by atoms with E-state index < -0.39 is 0 Å². The fraction of sp³-hybridized carbons (Fsp3) is 0.600. The van der Waals surface area contributed by atoms with Gasteiger partial charge in [-0.2, -0.15) is 0 Å². The van der Waals surface area contributed by atoms with Crippen LogP contribution in [0.1, 0.15) is 48.2 Å². The van der Waals surface area contributed by atoms with Crippen molar-refractivity contribution in [1.82, 2.24) is 10.3 Å². The van der Waals surface area contributed by atoms with E-state index in [2.05, 4.69) is 15.6 Å². The molecule has 0 spiro atoms. The number of amides is 1. The van der Waals surface area contributed by atoms with Crippen LogP contribution in [0, 0.1) is 12.8 Å². The fourth-order valence-corrected chi connectivity index (χ4v) is 2.73. The Bertz CT molecular complexity index is 439. The minimum absolute atomic E-state index is 0.0325. The number of hydrogen-bond acceptors (Lipinski definition) is 3. The predicted molar refractivity (Wildman–Crippen MR) is 77.4 cm³/mol. The molecule has 1 aromatic rings. The summed E-state index contributed by atoms with van der Waals surface area (Å²) in [6.45, 7) is 2.68. The third kappa shape index (κ3) is 3.69. The molecule has 1 amide bonds. The fourth-order valence-electron chi connectivity index (χ4n) is 2.73. The Balaban J connectivity index is 1.88. The van der Waals surface area contributed by atoms with E-state index in [0.717, 1.165) is 30.3 Å². The number of pyridine rings is 1. The van der Waals surface area contributed by atoms with Gasteiger partial charge in [-0.3, -0.25) is 9.78 Å². The summed E-state index contributed by atoms with van der Waals surface area (Å²) in [6.07, 6.45) is 8.09. The third-order valence-electron chi connectivity index (χ3n) is 3.87. The van der Waals surface area contributed by atoms with Gasteiger partial charge in [-0.1, -0.05) is 25.7 Å². The first-order chi connectivity index (χ1) is 9.20. The monoisotopic (exact) mass is 261 g/mol. The lowest BCUT2D eigenvalue weighted by Gasteiger charge is -2.12. The molecule has 19 heavy (non-hydrogen) atoms. The molecule has 1 aliphatic rings. The molecular formula is C15H23N3O. The quantitative estimate of drug-likeness (QED) is 0.857. The summed E-state index contributed by atoms with van der Waals surface area (Å²) in [4.78, 5) is 16.3. The van der Waals surface area contributed by atoms with Crippen molar-refractivity contribution in [3.63, 3.8) is 0 Å². The first-order valence-corrected chi connectivity index (χ1v) is 7.13. The van der Waals surface area contributed by atoms with Crippen LogP contribution in [0.4, 0.5) is 5.69 Å². The molecule has 1 heterocycles. The minimum Gasteiger partial charge on any atom is -0.387 e. The van der Waals surface area contributed by atoms with Crippen LogP contribution >= 0.6 is 0 Å². The Labute approximate surface area is 115 Å². The van der Waals surface area contributed by atoms with Crippen molar-refractivity contribution < 1.29 is 4.79 Å². The van der Waals surface area contributed by atoms with Crippen molar-refractivity contribution >= 4 is 11.6 Å². The van der Waals surface area contributed by atoms with Crippen LogP contribution in [0.15, 0.2) is 12.3 Å². The van der Waals surface area contributed by atoms with Crippen molar-refractivity contribution in [3.05, 3.63) is 23.5 Å². The molecular weight excluding hydrogens is 238 g/mol. The highest BCUT2D eigenvalue weighted by Crippen LogP contribution is 2.27. The number of anilines is 1. The number of hydrogen-bond donors (Lipinski definition) is 2. The van der Waals surface area contributed by atoms with Gasteiger partial charge in [0.1, 0.15) is 0 Å². The highest BCUT2D eigenvalue weighted by Gasteiger charge is 2.16. The van der Waals surface area contributed by atoms with E-state index in [9.17, 15) is 4.79 Å². The van der Waals surface area contributed by atoms with Crippen LogP contribution in [0.3, 0.4) is 0 Å². The summed E-state index contributed by atoms with van der Waals surface area (Å²) in [6, 6.07) is 1.89. The lowest BCUT2D eigenvalue weighted by Crippen LogP contribution is -2.26. The molecule has 1 aliphatic carbocycles. The zero-order valence-corrected chi connectivity index (χ0v) is 11.8. The second-order valence-electron chi connectivity index (χ2n) is 5.32. The van der Waals surface area contributed by atoms with Gasteiger partial charge in [0.05, 0.1) is 11.3 Å². The van der Waals surface area contributed by atoms with Gasteiger partial charge in [0.15, 0.2) is 0 Å². The van der Waals surface area contributed by atoms with Crippen LogP contribution in [0.25, 0.3) is 0 Å². The van der Waals surface area contributed by atoms with Gasteiger partial charge < -0.3 is 10.6 Å². The molecule has 0 aliphatic heterocycles. The van der Waals surface area contributed by atoms with Crippen LogP contribution < -0.4 is 10.6 Å². The second-order valence-corrected chi connectivity index (χ2v) is 5.32. The zero-order chi connectivity index (χ0) is 13.7. The standard InChI is InChI=1S/C15H23N3O/c1-11-9-14(16-2)13(10-18-11)15(19)17-8-7-12-5-3-4-6-12/h9-10,12H,3-8H2,1-2H3,(H,16,18)(H,17,19). The van der Waals surface area contributed by atoms with Gasteiger partial charge in [-0.05, 0) is 25.3 Å². The number of rotatable bonds is 5. The normalized spacial score (nSPS) is 15.5. The number of aryl methyl sites for hydroxylation is 1. The molecule has 1 aromatic heterocycles. The van der Waals surface area contributed by atoms with Crippen LogP contribution in [-0.2, 0) is 0 Å². The van der Waals surface area contributed by atoms with E-state index in [1.54, 1.807) is 6.20 Å². The maximum atomic E-state index is 12.1. The SMILES string of the molecule is CNc1cc(C)ncc1C(=O)NCCC1CCCC1. The highest BCUT2D eigenvalue weighted by molar-refractivity contribution is 5.99. The zero-order valence-electron chi connectivity index (χ0n) is 11.8. The molecule has 4 nitrogen and oxygen atoms in total. The van der Waals surface area contributed by atoms with Gasteiger partial charge in [-0.25, -0.2) is 0 Å². The highest BCUT2D eigenvalue weighted by atomic mass is 16.1. The van der Waals surface area contributed by atoms with E-state index in [1.165, 1.54) is 25.7 Å². The summed E-state index contributed by atoms with van der Waals surface area (Å²) in [5.41, 5.74) is 2.37. The van der Waals surface area contributed by atoms with Crippen LogP contribution in [0.5, 0.6) is 0 Å². The maximum Gasteiger partial charge on any atom is 0.254 e. The molecule has 0 saturated heterocycles. The van der Waals surface area contributed by atoms with E-state index >= 15 is 0 Å². The predicted octanol–water partition coefficient (Wildman–Crippen LogP) is 2.74. The minimum atomic E-state index is -0.0325. The molecule has 1 fully saturated rings. The summed E-state index contributed by atoms with van der Waals surface area (Å²) in [5.74, 6) is 0.773. The Morgan fingerprint density at radius 2 is 2.16 bits per heavy atom. The van der Waals surface area contributed by atoms with Crippen LogP contribution in [0.2, 0.25) is 0 Å². The molecule has 0 radical (unpaired) electrons. The Morgan fingerprint density at radius 3 is 2.84 bits per heavy atom. The maximum absolute atomic E-state index is 12.1. The van der Waals surface area contributed by atoms with E-state index in [1.807, 2.05) is 20.0 Å². The number of nitrogens with zero attached hydrogens (tertiary/aromatic N) is 1. The van der Waals surface area contributed by atoms with E-state index in [-0.39, 0.29) is 5.91 Å². The lowest BCUT2D eigenvalue weighted by molar-refractivity contribution is 0.0952. The Morgan fingerprint density at radius 1 is 1.42 bits per heavy atom. The second kappa shape index (κ2) is 6.55. The topological polar surface area (TPSA) is 54.0 Å². The van der Waals surface area contributed by atoms with Crippen molar-refractivity contribution in [1.29, 1.82) is 0 Å². The molecule has 0 unspecified atom stereocenters. The largest absolute Gasteiger partial charge is 0.387 e. The molecule has 1 saturated carbocycles. The lowest BCUT2D eigenvalue weighted by atomic mass is 10.0. The van der Waals surface area contributed by atoms with Crippen molar-refractivity contribution in [2.45, 2.75) is 39.0 Å². The summed E-state index contributed by atoms with van der Waals surface area (Å²) >= 11 is 0. The Kier molecular flexibility index (Phi) is 4.77. The molecule has 0 atom stereocenters. The Hall–Kier alpha value is -1.58. The van der Waals surface area contributed by atoms with Crippen molar-refractivity contribution in [3.8, 4) is 0 Å². The summed E-state index contributed by atoms with van der Waals surface area (Å²) < 4.78 is 0. The molecule has 104 valence electrons. The van der Waals surface area contributed by atoms with Gasteiger partial charge in [-0.15, -0.1) is 0 Å². The molecule has 0 aromatic carbocycles. The van der Waals surface area contributed by atoms with Gasteiger partial charge in [0, 0.05) is 25.5 Å². The van der Waals surface area contributed by atoms with Crippen molar-refractivity contribution in [2.24, 2.45) is 5.92 Å². The average molecular weight is 261 g/mol. The molecule has 4 heteroatoms. The van der Waals surface area contributed by atoms with Crippen molar-refractivity contribution in [2.75, 3.05) is 18.9 Å². The van der Waals surface area contributed by atoms with Gasteiger partial charge >= 0.3 is 0 Å². The third-order valence-corrected chi connectivity index (χ3v) is 3.87. The molecule has 0 bridgehead atoms. The number of carbonyl (C=O) groups excluding carboxylic acids is 1. The smallest absolute Gasteiger partial charge is 0.254 e. The van der Waals surface area contributed by atoms with E-state index in [4.69, 9.17) is 0 Å². The van der Waals surface area contributed by atoms with Gasteiger partial charge in [0.25, 0.3) is 5.91 Å². The number of nitrogens with one attached hydrogen (secondary N) is 2. The molecule has 2 N–H and O–H groups in total. The summed E-state index contributed by atoms with van der Waals surface area (Å²) in [7, 11) is 1.82. The first kappa shape index (κ1) is 13.8. The number of aromatic nitrogens is 1. The summed E-state index contributed by atoms with van der Waals surface area (Å²) in [5, 5.41) is 6.05. The van der Waals surface area contributed by atoms with Gasteiger partial charge in [0.2, 0.25) is 0 Å². The van der Waals surface area contributed by atoms with Crippen LogP contribution in [-0.4, -0.2) is 24.5 Å². The average Bonchev–Trinajstić information content (AvgIpc) is 2.91. The van der Waals surface area contributed by atoms with E-state index in [0.29, 0.717) is 5.56 Å². The molecule has 2 rings (SSSR count).